The Kier molecular flexibility index (Phi) is 5.30. The molecule has 1 saturated heterocycles. The third kappa shape index (κ3) is 3.60. The molecule has 0 aliphatic carbocycles. The van der Waals surface area contributed by atoms with Gasteiger partial charge in [0, 0.05) is 44.3 Å². The fraction of sp³-hybridized carbons (Fsp3) is 0.273. The quantitative estimate of drug-likeness (QED) is 0.654. The van der Waals surface area contributed by atoms with Gasteiger partial charge in [0.15, 0.2) is 4.77 Å². The summed E-state index contributed by atoms with van der Waals surface area (Å²) in [6.07, 6.45) is 4.15. The lowest BCUT2D eigenvalue weighted by atomic mass is 10.1. The summed E-state index contributed by atoms with van der Waals surface area (Å²) in [5, 5.41) is 0. The molecule has 1 aliphatic heterocycles. The molecule has 4 rings (SSSR count). The van der Waals surface area contributed by atoms with Crippen LogP contribution >= 0.6 is 12.2 Å². The molecule has 0 bridgehead atoms. The molecule has 5 nitrogen and oxygen atoms in total. The van der Waals surface area contributed by atoms with E-state index in [1.165, 1.54) is 24.1 Å². The molecule has 1 N–H and O–H groups in total. The maximum Gasteiger partial charge on any atom is 0.272 e. The number of nitrogens with zero attached hydrogens (tertiary/aromatic N) is 3. The van der Waals surface area contributed by atoms with Crippen LogP contribution in [0.3, 0.4) is 0 Å². The first-order valence-electron chi connectivity index (χ1n) is 9.59. The number of para-hydroxylation sites is 2. The van der Waals surface area contributed by atoms with E-state index in [2.05, 4.69) is 28.1 Å². The summed E-state index contributed by atoms with van der Waals surface area (Å²) in [7, 11) is 1.84. The summed E-state index contributed by atoms with van der Waals surface area (Å²) in [6, 6.07) is 18.1. The Hall–Kier alpha value is -2.86. The van der Waals surface area contributed by atoms with E-state index in [4.69, 9.17) is 12.2 Å². The number of rotatable bonds is 5. The lowest BCUT2D eigenvalue weighted by molar-refractivity contribution is 0.0777. The average molecular weight is 393 g/mol. The SMILES string of the molecule is CN(Cc1ccccc1N1CCCC1)C(=O)c1c[nH]c(=S)n1-c1ccccc1. The van der Waals surface area contributed by atoms with Gasteiger partial charge < -0.3 is 14.8 Å². The van der Waals surface area contributed by atoms with Gasteiger partial charge in [-0.25, -0.2) is 0 Å². The van der Waals surface area contributed by atoms with Gasteiger partial charge in [0.05, 0.1) is 0 Å². The average Bonchev–Trinajstić information content (AvgIpc) is 3.38. The van der Waals surface area contributed by atoms with Crippen LogP contribution < -0.4 is 4.90 Å². The van der Waals surface area contributed by atoms with Gasteiger partial charge in [-0.3, -0.25) is 9.36 Å². The van der Waals surface area contributed by atoms with Gasteiger partial charge in [-0.2, -0.15) is 0 Å². The minimum atomic E-state index is -0.0626. The molecule has 0 radical (unpaired) electrons. The maximum absolute atomic E-state index is 13.2. The maximum atomic E-state index is 13.2. The molecule has 1 amide bonds. The van der Waals surface area contributed by atoms with Gasteiger partial charge in [0.1, 0.15) is 5.69 Å². The van der Waals surface area contributed by atoms with Gasteiger partial charge >= 0.3 is 0 Å². The Morgan fingerprint density at radius 3 is 2.50 bits per heavy atom. The Labute approximate surface area is 170 Å². The van der Waals surface area contributed by atoms with Crippen LogP contribution in [-0.4, -0.2) is 40.5 Å². The Morgan fingerprint density at radius 2 is 1.75 bits per heavy atom. The number of imidazole rings is 1. The van der Waals surface area contributed by atoms with Crippen LogP contribution in [0.15, 0.2) is 60.8 Å². The van der Waals surface area contributed by atoms with E-state index in [0.717, 1.165) is 18.8 Å². The number of hydrogen-bond acceptors (Lipinski definition) is 3. The predicted molar refractivity (Wildman–Crippen MR) is 115 cm³/mol. The van der Waals surface area contributed by atoms with Crippen molar-refractivity contribution in [1.82, 2.24) is 14.5 Å². The van der Waals surface area contributed by atoms with Crippen molar-refractivity contribution in [3.05, 3.63) is 76.8 Å². The van der Waals surface area contributed by atoms with Gasteiger partial charge in [-0.15, -0.1) is 0 Å². The number of carbonyl (C=O) groups excluding carboxylic acids is 1. The standard InChI is InChI=1S/C22H24N4OS/c1-24(16-17-9-5-6-12-19(17)25-13-7-8-14-25)21(27)20-15-23-22(28)26(20)18-10-3-2-4-11-18/h2-6,9-12,15H,7-8,13-14,16H2,1H3,(H,23,28). The van der Waals surface area contributed by atoms with Crippen LogP contribution in [0.1, 0.15) is 28.9 Å². The van der Waals surface area contributed by atoms with Crippen molar-refractivity contribution >= 4 is 23.8 Å². The van der Waals surface area contributed by atoms with Gasteiger partial charge in [-0.1, -0.05) is 36.4 Å². The van der Waals surface area contributed by atoms with E-state index in [1.807, 2.05) is 43.4 Å². The van der Waals surface area contributed by atoms with Crippen molar-refractivity contribution in [3.63, 3.8) is 0 Å². The Balaban J connectivity index is 1.60. The second kappa shape index (κ2) is 8.02. The number of carbonyl (C=O) groups is 1. The van der Waals surface area contributed by atoms with E-state index in [0.29, 0.717) is 17.0 Å². The zero-order valence-electron chi connectivity index (χ0n) is 16.0. The number of anilines is 1. The van der Waals surface area contributed by atoms with Gasteiger partial charge in [0.2, 0.25) is 0 Å². The minimum absolute atomic E-state index is 0.0626. The topological polar surface area (TPSA) is 44.3 Å². The molecule has 144 valence electrons. The molecule has 0 saturated carbocycles. The fourth-order valence-electron chi connectivity index (χ4n) is 3.79. The number of H-pyrrole nitrogens is 1. The van der Waals surface area contributed by atoms with Gasteiger partial charge in [-0.05, 0) is 48.8 Å². The van der Waals surface area contributed by atoms with Gasteiger partial charge in [0.25, 0.3) is 5.91 Å². The van der Waals surface area contributed by atoms with E-state index >= 15 is 0 Å². The molecule has 0 atom stereocenters. The number of aromatic amines is 1. The first-order valence-corrected chi connectivity index (χ1v) is 10.00. The molecular formula is C22H24N4OS. The molecule has 3 aromatic rings. The summed E-state index contributed by atoms with van der Waals surface area (Å²) in [4.78, 5) is 20.4. The Morgan fingerprint density at radius 1 is 1.07 bits per heavy atom. The highest BCUT2D eigenvalue weighted by Crippen LogP contribution is 2.26. The summed E-state index contributed by atoms with van der Waals surface area (Å²) >= 11 is 5.41. The molecule has 1 fully saturated rings. The number of benzene rings is 2. The molecule has 0 spiro atoms. The second-order valence-corrected chi connectivity index (χ2v) is 7.52. The Bertz CT molecular complexity index is 1020. The molecular weight excluding hydrogens is 368 g/mol. The predicted octanol–water partition coefficient (Wildman–Crippen LogP) is 4.41. The highest BCUT2D eigenvalue weighted by atomic mass is 32.1. The number of amides is 1. The van der Waals surface area contributed by atoms with Crippen LogP contribution in [-0.2, 0) is 6.54 Å². The van der Waals surface area contributed by atoms with Crippen LogP contribution in [0.25, 0.3) is 5.69 Å². The van der Waals surface area contributed by atoms with Crippen molar-refractivity contribution < 1.29 is 4.79 Å². The molecule has 28 heavy (non-hydrogen) atoms. The molecule has 1 aromatic heterocycles. The van der Waals surface area contributed by atoms with Crippen molar-refractivity contribution in [2.75, 3.05) is 25.0 Å². The highest BCUT2D eigenvalue weighted by molar-refractivity contribution is 7.71. The molecule has 2 heterocycles. The first-order chi connectivity index (χ1) is 13.6. The molecule has 6 heteroatoms. The zero-order chi connectivity index (χ0) is 19.5. The van der Waals surface area contributed by atoms with Crippen LogP contribution in [0, 0.1) is 4.77 Å². The third-order valence-corrected chi connectivity index (χ3v) is 5.50. The summed E-state index contributed by atoms with van der Waals surface area (Å²) < 4.78 is 2.31. The van der Waals surface area contributed by atoms with Crippen molar-refractivity contribution in [1.29, 1.82) is 0 Å². The van der Waals surface area contributed by atoms with Crippen LogP contribution in [0.5, 0.6) is 0 Å². The lowest BCUT2D eigenvalue weighted by Gasteiger charge is -2.24. The summed E-state index contributed by atoms with van der Waals surface area (Å²) in [6.45, 7) is 2.72. The van der Waals surface area contributed by atoms with Crippen LogP contribution in [0.4, 0.5) is 5.69 Å². The first kappa shape index (κ1) is 18.5. The highest BCUT2D eigenvalue weighted by Gasteiger charge is 2.21. The van der Waals surface area contributed by atoms with Crippen LogP contribution in [0.2, 0.25) is 0 Å². The largest absolute Gasteiger partial charge is 0.371 e. The minimum Gasteiger partial charge on any atom is -0.371 e. The third-order valence-electron chi connectivity index (χ3n) is 5.20. The molecule has 2 aromatic carbocycles. The van der Waals surface area contributed by atoms with E-state index in [1.54, 1.807) is 15.7 Å². The monoisotopic (exact) mass is 392 g/mol. The van der Waals surface area contributed by atoms with E-state index in [9.17, 15) is 4.79 Å². The molecule has 0 unspecified atom stereocenters. The fourth-order valence-corrected chi connectivity index (χ4v) is 4.06. The normalized spacial score (nSPS) is 13.7. The van der Waals surface area contributed by atoms with E-state index < -0.39 is 0 Å². The summed E-state index contributed by atoms with van der Waals surface area (Å²) in [5.74, 6) is -0.0626. The number of nitrogens with one attached hydrogen (secondary N) is 1. The zero-order valence-corrected chi connectivity index (χ0v) is 16.8. The number of hydrogen-bond donors (Lipinski definition) is 1. The smallest absolute Gasteiger partial charge is 0.272 e. The van der Waals surface area contributed by atoms with Crippen molar-refractivity contribution in [2.45, 2.75) is 19.4 Å². The van der Waals surface area contributed by atoms with Crippen molar-refractivity contribution in [3.8, 4) is 5.69 Å². The van der Waals surface area contributed by atoms with E-state index in [-0.39, 0.29) is 5.91 Å². The van der Waals surface area contributed by atoms with Crippen molar-refractivity contribution in [2.24, 2.45) is 0 Å². The summed E-state index contributed by atoms with van der Waals surface area (Å²) in [5.41, 5.74) is 3.81. The molecule has 1 aliphatic rings. The second-order valence-electron chi connectivity index (χ2n) is 7.13. The number of aromatic nitrogens is 2. The lowest BCUT2D eigenvalue weighted by Crippen LogP contribution is -2.29.